The Morgan fingerprint density at radius 3 is 2.53 bits per heavy atom. The van der Waals surface area contributed by atoms with Crippen LogP contribution in [0.2, 0.25) is 0 Å². The molecule has 160 valence electrons. The Hall–Kier alpha value is -2.67. The first-order valence-corrected chi connectivity index (χ1v) is 11.0. The molecule has 2 aliphatic rings. The topological polar surface area (TPSA) is 79.3 Å². The van der Waals surface area contributed by atoms with Crippen LogP contribution in [0.1, 0.15) is 60.5 Å². The molecule has 7 heteroatoms. The Morgan fingerprint density at radius 1 is 1.07 bits per heavy atom. The highest BCUT2D eigenvalue weighted by Gasteiger charge is 2.24. The van der Waals surface area contributed by atoms with E-state index in [4.69, 9.17) is 0 Å². The smallest absolute Gasteiger partial charge is 0.251 e. The lowest BCUT2D eigenvalue weighted by Gasteiger charge is -2.32. The molecule has 2 heterocycles. The molecule has 0 spiro atoms. The first-order chi connectivity index (χ1) is 14.6. The van der Waals surface area contributed by atoms with E-state index in [1.165, 1.54) is 12.8 Å². The van der Waals surface area contributed by atoms with Crippen LogP contribution in [0.5, 0.6) is 0 Å². The van der Waals surface area contributed by atoms with Crippen LogP contribution in [0.4, 0.5) is 5.82 Å². The number of aryl methyl sites for hydroxylation is 1. The Kier molecular flexibility index (Phi) is 6.47. The molecule has 1 saturated heterocycles. The quantitative estimate of drug-likeness (QED) is 0.768. The van der Waals surface area contributed by atoms with Crippen LogP contribution in [0.3, 0.4) is 0 Å². The molecule has 4 rings (SSSR count). The van der Waals surface area contributed by atoms with E-state index in [0.717, 1.165) is 55.7 Å². The number of benzene rings is 1. The highest BCUT2D eigenvalue weighted by atomic mass is 16.2. The molecule has 1 aliphatic heterocycles. The zero-order valence-electron chi connectivity index (χ0n) is 17.6. The van der Waals surface area contributed by atoms with Gasteiger partial charge in [0, 0.05) is 30.8 Å². The van der Waals surface area contributed by atoms with E-state index in [1.54, 1.807) is 6.20 Å². The fraction of sp³-hybridized carbons (Fsp3) is 0.522. The van der Waals surface area contributed by atoms with Crippen molar-refractivity contribution in [2.75, 3.05) is 25.0 Å². The summed E-state index contributed by atoms with van der Waals surface area (Å²) in [7, 11) is 0. The van der Waals surface area contributed by atoms with Gasteiger partial charge < -0.3 is 10.6 Å². The van der Waals surface area contributed by atoms with Gasteiger partial charge in [0.25, 0.3) is 5.91 Å². The molecule has 2 N–H and O–H groups in total. The second kappa shape index (κ2) is 9.43. The van der Waals surface area contributed by atoms with Crippen LogP contribution in [-0.4, -0.2) is 52.2 Å². The van der Waals surface area contributed by atoms with E-state index in [0.29, 0.717) is 12.6 Å². The number of piperidine rings is 1. The van der Waals surface area contributed by atoms with Gasteiger partial charge >= 0.3 is 0 Å². The van der Waals surface area contributed by atoms with Crippen molar-refractivity contribution in [2.45, 2.75) is 57.5 Å². The Morgan fingerprint density at radius 2 is 1.80 bits per heavy atom. The van der Waals surface area contributed by atoms with Crippen LogP contribution in [0.25, 0.3) is 0 Å². The highest BCUT2D eigenvalue weighted by Crippen LogP contribution is 2.31. The standard InChI is InChI=1S/C23H31N5O2/c1-17-6-2-5-9-20(17)23(30)25-18-11-14-27(15-12-18)16-22(29)26-21-10-13-24-28(21)19-7-3-4-8-19/h2,5-6,9-10,13,18-19H,3-4,7-8,11-12,14-16H2,1H3,(H,25,30)(H,26,29). The zero-order chi connectivity index (χ0) is 20.9. The molecule has 7 nitrogen and oxygen atoms in total. The molecule has 1 saturated carbocycles. The van der Waals surface area contributed by atoms with Crippen LogP contribution >= 0.6 is 0 Å². The number of aromatic nitrogens is 2. The number of likely N-dealkylation sites (tertiary alicyclic amines) is 1. The van der Waals surface area contributed by atoms with Gasteiger partial charge in [-0.15, -0.1) is 0 Å². The van der Waals surface area contributed by atoms with E-state index in [9.17, 15) is 9.59 Å². The molecule has 1 aromatic carbocycles. The monoisotopic (exact) mass is 409 g/mol. The molecular weight excluding hydrogens is 378 g/mol. The Bertz CT molecular complexity index is 879. The lowest BCUT2D eigenvalue weighted by atomic mass is 10.0. The molecule has 1 aromatic heterocycles. The maximum absolute atomic E-state index is 12.6. The van der Waals surface area contributed by atoms with Gasteiger partial charge in [0.05, 0.1) is 18.8 Å². The van der Waals surface area contributed by atoms with Crippen molar-refractivity contribution in [1.82, 2.24) is 20.0 Å². The summed E-state index contributed by atoms with van der Waals surface area (Å²) < 4.78 is 1.97. The summed E-state index contributed by atoms with van der Waals surface area (Å²) in [6.07, 6.45) is 8.19. The number of carbonyl (C=O) groups excluding carboxylic acids is 2. The Balaban J connectivity index is 1.23. The van der Waals surface area contributed by atoms with Crippen molar-refractivity contribution in [3.8, 4) is 0 Å². The van der Waals surface area contributed by atoms with Gasteiger partial charge in [0.2, 0.25) is 5.91 Å². The average Bonchev–Trinajstić information content (AvgIpc) is 3.41. The summed E-state index contributed by atoms with van der Waals surface area (Å²) in [6, 6.07) is 10.1. The van der Waals surface area contributed by atoms with E-state index in [-0.39, 0.29) is 17.9 Å². The molecule has 1 aliphatic carbocycles. The Labute approximate surface area is 177 Å². The van der Waals surface area contributed by atoms with Crippen LogP contribution in [-0.2, 0) is 4.79 Å². The minimum Gasteiger partial charge on any atom is -0.349 e. The normalized spacial score (nSPS) is 18.4. The van der Waals surface area contributed by atoms with Gasteiger partial charge in [-0.2, -0.15) is 5.10 Å². The van der Waals surface area contributed by atoms with Crippen molar-refractivity contribution in [3.05, 3.63) is 47.7 Å². The number of hydrogen-bond acceptors (Lipinski definition) is 4. The third-order valence-electron chi connectivity index (χ3n) is 6.29. The van der Waals surface area contributed by atoms with Gasteiger partial charge in [-0.3, -0.25) is 14.5 Å². The second-order valence-corrected chi connectivity index (χ2v) is 8.49. The van der Waals surface area contributed by atoms with E-state index < -0.39 is 0 Å². The van der Waals surface area contributed by atoms with E-state index >= 15 is 0 Å². The molecule has 0 unspecified atom stereocenters. The van der Waals surface area contributed by atoms with Crippen LogP contribution in [0, 0.1) is 6.92 Å². The second-order valence-electron chi connectivity index (χ2n) is 8.49. The molecule has 30 heavy (non-hydrogen) atoms. The molecule has 0 radical (unpaired) electrons. The van der Waals surface area contributed by atoms with Gasteiger partial charge in [0.15, 0.2) is 0 Å². The number of nitrogens with zero attached hydrogens (tertiary/aromatic N) is 3. The fourth-order valence-electron chi connectivity index (χ4n) is 4.56. The third kappa shape index (κ3) is 4.90. The SMILES string of the molecule is Cc1ccccc1C(=O)NC1CCN(CC(=O)Nc2ccnn2C2CCCC2)CC1. The number of nitrogens with one attached hydrogen (secondary N) is 2. The molecule has 2 aromatic rings. The van der Waals surface area contributed by atoms with E-state index in [1.807, 2.05) is 41.9 Å². The summed E-state index contributed by atoms with van der Waals surface area (Å²) in [5.41, 5.74) is 1.72. The predicted molar refractivity (Wildman–Crippen MR) is 116 cm³/mol. The predicted octanol–water partition coefficient (Wildman–Crippen LogP) is 3.14. The first-order valence-electron chi connectivity index (χ1n) is 11.0. The zero-order valence-corrected chi connectivity index (χ0v) is 17.6. The van der Waals surface area contributed by atoms with Crippen molar-refractivity contribution in [2.24, 2.45) is 0 Å². The minimum absolute atomic E-state index is 0.00265. The van der Waals surface area contributed by atoms with Crippen molar-refractivity contribution < 1.29 is 9.59 Å². The van der Waals surface area contributed by atoms with Crippen LogP contribution < -0.4 is 10.6 Å². The summed E-state index contributed by atoms with van der Waals surface area (Å²) in [5, 5.41) is 10.6. The average molecular weight is 410 g/mol. The van der Waals surface area contributed by atoms with Gasteiger partial charge in [-0.1, -0.05) is 31.0 Å². The molecule has 0 atom stereocenters. The maximum atomic E-state index is 12.6. The number of amides is 2. The highest BCUT2D eigenvalue weighted by molar-refractivity contribution is 5.95. The van der Waals surface area contributed by atoms with E-state index in [2.05, 4.69) is 20.6 Å². The molecule has 0 bridgehead atoms. The summed E-state index contributed by atoms with van der Waals surface area (Å²) in [4.78, 5) is 27.2. The number of rotatable bonds is 6. The number of anilines is 1. The molecule has 2 amide bonds. The van der Waals surface area contributed by atoms with Crippen molar-refractivity contribution in [3.63, 3.8) is 0 Å². The van der Waals surface area contributed by atoms with Gasteiger partial charge in [-0.25, -0.2) is 4.68 Å². The molecule has 2 fully saturated rings. The third-order valence-corrected chi connectivity index (χ3v) is 6.29. The van der Waals surface area contributed by atoms with Gasteiger partial charge in [-0.05, 0) is 44.2 Å². The number of carbonyl (C=O) groups is 2. The minimum atomic E-state index is -0.00975. The van der Waals surface area contributed by atoms with Gasteiger partial charge in [0.1, 0.15) is 5.82 Å². The summed E-state index contributed by atoms with van der Waals surface area (Å²) >= 11 is 0. The number of hydrogen-bond donors (Lipinski definition) is 2. The molecular formula is C23H31N5O2. The largest absolute Gasteiger partial charge is 0.349 e. The summed E-state index contributed by atoms with van der Waals surface area (Å²) in [6.45, 7) is 3.92. The first kappa shape index (κ1) is 20.6. The van der Waals surface area contributed by atoms with Crippen LogP contribution in [0.15, 0.2) is 36.5 Å². The van der Waals surface area contributed by atoms with Crippen molar-refractivity contribution in [1.29, 1.82) is 0 Å². The van der Waals surface area contributed by atoms with Crippen molar-refractivity contribution >= 4 is 17.6 Å². The lowest BCUT2D eigenvalue weighted by molar-refractivity contribution is -0.117. The lowest BCUT2D eigenvalue weighted by Crippen LogP contribution is -2.46. The maximum Gasteiger partial charge on any atom is 0.251 e. The fourth-order valence-corrected chi connectivity index (χ4v) is 4.56. The summed E-state index contributed by atoms with van der Waals surface area (Å²) in [5.74, 6) is 0.786.